The van der Waals surface area contributed by atoms with Gasteiger partial charge in [0.05, 0.1) is 24.5 Å². The van der Waals surface area contributed by atoms with Crippen LogP contribution in [-0.2, 0) is 16.0 Å². The lowest BCUT2D eigenvalue weighted by Crippen LogP contribution is -2.48. The average Bonchev–Trinajstić information content (AvgIpc) is 3.72. The Morgan fingerprint density at radius 1 is 0.955 bits per heavy atom. The van der Waals surface area contributed by atoms with Crippen LogP contribution >= 0.6 is 22.7 Å². The highest BCUT2D eigenvalue weighted by atomic mass is 32.1. The van der Waals surface area contributed by atoms with Gasteiger partial charge in [-0.1, -0.05) is 44.2 Å². The minimum Gasteiger partial charge on any atom is -0.351 e. The van der Waals surface area contributed by atoms with Crippen molar-refractivity contribution in [2.75, 3.05) is 32.7 Å². The fraction of sp³-hybridized carbons (Fsp3) is 0.484. The number of hydrogen-bond donors (Lipinski definition) is 4. The van der Waals surface area contributed by atoms with Gasteiger partial charge in [-0.15, -0.1) is 22.7 Å². The molecule has 5 rings (SSSR count). The third kappa shape index (κ3) is 8.07. The van der Waals surface area contributed by atoms with Gasteiger partial charge >= 0.3 is 0 Å². The van der Waals surface area contributed by atoms with E-state index in [1.165, 1.54) is 22.7 Å². The second-order valence-corrected chi connectivity index (χ2v) is 13.3. The van der Waals surface area contributed by atoms with Crippen molar-refractivity contribution in [3.63, 3.8) is 0 Å². The third-order valence-electron chi connectivity index (χ3n) is 7.83. The van der Waals surface area contributed by atoms with E-state index in [9.17, 15) is 19.2 Å². The van der Waals surface area contributed by atoms with Crippen LogP contribution in [-0.4, -0.2) is 71.2 Å². The van der Waals surface area contributed by atoms with Crippen LogP contribution in [0.3, 0.4) is 0 Å². The molecule has 1 saturated heterocycles. The molecule has 0 aliphatic carbocycles. The fourth-order valence-corrected chi connectivity index (χ4v) is 7.30. The number of carbonyl (C=O) groups excluding carboxylic acids is 4. The van der Waals surface area contributed by atoms with E-state index in [-0.39, 0.29) is 53.4 Å². The lowest BCUT2D eigenvalue weighted by Gasteiger charge is -2.30. The van der Waals surface area contributed by atoms with Gasteiger partial charge in [0, 0.05) is 30.4 Å². The van der Waals surface area contributed by atoms with E-state index in [2.05, 4.69) is 31.2 Å². The number of rotatable bonds is 4. The smallest absolute Gasteiger partial charge is 0.271 e. The van der Waals surface area contributed by atoms with Crippen LogP contribution in [0.4, 0.5) is 0 Å². The van der Waals surface area contributed by atoms with E-state index in [1.807, 2.05) is 44.2 Å². The van der Waals surface area contributed by atoms with Gasteiger partial charge in [0.2, 0.25) is 11.8 Å². The zero-order chi connectivity index (χ0) is 31.1. The van der Waals surface area contributed by atoms with Crippen molar-refractivity contribution in [1.29, 1.82) is 0 Å². The molecule has 1 fully saturated rings. The summed E-state index contributed by atoms with van der Waals surface area (Å²) in [6.45, 7) is 5.95. The molecule has 0 spiro atoms. The Morgan fingerprint density at radius 2 is 1.68 bits per heavy atom. The molecule has 4 N–H and O–H groups in total. The van der Waals surface area contributed by atoms with Gasteiger partial charge in [-0.3, -0.25) is 19.2 Å². The van der Waals surface area contributed by atoms with Crippen molar-refractivity contribution < 1.29 is 19.2 Å². The Hall–Kier alpha value is -3.68. The number of hydrogen-bond acceptors (Lipinski definition) is 9. The van der Waals surface area contributed by atoms with Crippen molar-refractivity contribution >= 4 is 46.3 Å². The van der Waals surface area contributed by atoms with E-state index < -0.39 is 12.1 Å². The molecule has 2 aliphatic heterocycles. The number of nitrogens with zero attached hydrogens (tertiary/aromatic N) is 3. The summed E-state index contributed by atoms with van der Waals surface area (Å²) < 4.78 is 0. The molecule has 0 unspecified atom stereocenters. The molecule has 3 atom stereocenters. The lowest BCUT2D eigenvalue weighted by molar-refractivity contribution is -0.140. The largest absolute Gasteiger partial charge is 0.351 e. The highest BCUT2D eigenvalue weighted by Crippen LogP contribution is 2.27. The average molecular weight is 638 g/mol. The normalized spacial score (nSPS) is 22.3. The van der Waals surface area contributed by atoms with Gasteiger partial charge in [0.25, 0.3) is 11.8 Å². The zero-order valence-corrected chi connectivity index (χ0v) is 26.6. The number of carbonyl (C=O) groups is 4. The highest BCUT2D eigenvalue weighted by molar-refractivity contribution is 7.10. The third-order valence-corrected chi connectivity index (χ3v) is 9.71. The molecule has 234 valence electrons. The molecule has 4 amide bonds. The summed E-state index contributed by atoms with van der Waals surface area (Å²) in [7, 11) is 0. The van der Waals surface area contributed by atoms with Crippen LogP contribution in [0.2, 0.25) is 0 Å². The number of amides is 4. The van der Waals surface area contributed by atoms with Crippen LogP contribution < -0.4 is 21.3 Å². The zero-order valence-electron chi connectivity index (χ0n) is 25.0. The maximum Gasteiger partial charge on any atom is 0.271 e. The predicted octanol–water partition coefficient (Wildman–Crippen LogP) is 3.09. The standard InChI is InChI=1S/C31H39N7O4S2/c1-19(2)26-30-36-23(17-44-30)27(40)33-12-7-13-38(31(42)21-10-6-11-32-15-21)16-25(39)34-22(14-20-8-4-3-5-9-20)29-35-24(18-43-29)28(41)37-26/h3-5,8-9,17-19,21-22,26,32H,6-7,10-16H2,1-2H3,(H,33,40)(H,34,39)(H,37,41)/t21-,22-,26-/m0/s1. The summed E-state index contributed by atoms with van der Waals surface area (Å²) in [5.74, 6) is -1.23. The SMILES string of the molecule is CC(C)[C@@H]1NC(=O)c2csc(n2)[C@H](Cc2ccccc2)NC(=O)CN(C(=O)[C@H]2CCCNC2)CCCNC(=O)c2csc1n2. The minimum absolute atomic E-state index is 0.0150. The van der Waals surface area contributed by atoms with Crippen LogP contribution in [0.15, 0.2) is 41.1 Å². The molecule has 4 heterocycles. The predicted molar refractivity (Wildman–Crippen MR) is 169 cm³/mol. The van der Waals surface area contributed by atoms with Gasteiger partial charge in [0.1, 0.15) is 21.4 Å². The summed E-state index contributed by atoms with van der Waals surface area (Å²) >= 11 is 2.64. The molecule has 13 heteroatoms. The van der Waals surface area contributed by atoms with Gasteiger partial charge < -0.3 is 26.2 Å². The van der Waals surface area contributed by atoms with E-state index >= 15 is 0 Å². The van der Waals surface area contributed by atoms with Crippen molar-refractivity contribution in [3.05, 3.63) is 68.1 Å². The molecule has 44 heavy (non-hydrogen) atoms. The van der Waals surface area contributed by atoms with Crippen molar-refractivity contribution in [3.8, 4) is 0 Å². The number of piperidine rings is 1. The first-order valence-electron chi connectivity index (χ1n) is 15.1. The van der Waals surface area contributed by atoms with Crippen molar-refractivity contribution in [1.82, 2.24) is 36.1 Å². The first kappa shape index (κ1) is 31.7. The number of nitrogens with one attached hydrogen (secondary N) is 4. The summed E-state index contributed by atoms with van der Waals surface area (Å²) in [6.07, 6.45) is 2.63. The highest BCUT2D eigenvalue weighted by Gasteiger charge is 2.30. The van der Waals surface area contributed by atoms with Gasteiger partial charge in [0.15, 0.2) is 0 Å². The topological polar surface area (TPSA) is 145 Å². The fourth-order valence-electron chi connectivity index (χ4n) is 5.43. The van der Waals surface area contributed by atoms with Gasteiger partial charge in [-0.05, 0) is 43.7 Å². The Morgan fingerprint density at radius 3 is 2.41 bits per heavy atom. The molecular formula is C31H39N7O4S2. The number of aromatic nitrogens is 2. The molecule has 4 bridgehead atoms. The second-order valence-electron chi connectivity index (χ2n) is 11.6. The molecular weight excluding hydrogens is 599 g/mol. The quantitative estimate of drug-likeness (QED) is 0.344. The molecule has 0 saturated carbocycles. The molecule has 2 aromatic heterocycles. The van der Waals surface area contributed by atoms with E-state index in [0.29, 0.717) is 42.5 Å². The van der Waals surface area contributed by atoms with Crippen LogP contribution in [0.5, 0.6) is 0 Å². The summed E-state index contributed by atoms with van der Waals surface area (Å²) in [6, 6.07) is 8.88. The molecule has 1 aromatic carbocycles. The first-order valence-corrected chi connectivity index (χ1v) is 16.9. The van der Waals surface area contributed by atoms with E-state index in [0.717, 1.165) is 24.9 Å². The lowest BCUT2D eigenvalue weighted by atomic mass is 9.98. The van der Waals surface area contributed by atoms with Crippen LogP contribution in [0, 0.1) is 11.8 Å². The molecule has 2 aliphatic rings. The number of benzene rings is 1. The Kier molecular flexibility index (Phi) is 10.7. The molecule has 3 aromatic rings. The monoisotopic (exact) mass is 637 g/mol. The maximum absolute atomic E-state index is 13.6. The van der Waals surface area contributed by atoms with Crippen LogP contribution in [0.1, 0.15) is 81.7 Å². The van der Waals surface area contributed by atoms with Crippen molar-refractivity contribution in [2.45, 2.75) is 51.6 Å². The summed E-state index contributed by atoms with van der Waals surface area (Å²) in [4.78, 5) is 64.2. The molecule has 0 radical (unpaired) electrons. The maximum atomic E-state index is 13.6. The van der Waals surface area contributed by atoms with Crippen molar-refractivity contribution in [2.24, 2.45) is 11.8 Å². The van der Waals surface area contributed by atoms with Crippen LogP contribution in [0.25, 0.3) is 0 Å². The summed E-state index contributed by atoms with van der Waals surface area (Å²) in [5, 5.41) is 16.9. The summed E-state index contributed by atoms with van der Waals surface area (Å²) in [5.41, 5.74) is 1.54. The number of fused-ring (bicyclic) bond motifs is 4. The minimum atomic E-state index is -0.492. The van der Waals surface area contributed by atoms with Gasteiger partial charge in [-0.2, -0.15) is 0 Å². The van der Waals surface area contributed by atoms with E-state index in [4.69, 9.17) is 0 Å². The number of thiazole rings is 2. The Labute approximate surface area is 265 Å². The van der Waals surface area contributed by atoms with Gasteiger partial charge in [-0.25, -0.2) is 9.97 Å². The Balaban J connectivity index is 1.44. The second kappa shape index (κ2) is 14.9. The van der Waals surface area contributed by atoms with E-state index in [1.54, 1.807) is 15.7 Å². The molecule has 11 nitrogen and oxygen atoms in total. The first-order chi connectivity index (χ1) is 21.3. The Bertz CT molecular complexity index is 1450.